The van der Waals surface area contributed by atoms with Gasteiger partial charge in [0.25, 0.3) is 5.69 Å². The second-order valence-corrected chi connectivity index (χ2v) is 5.16. The zero-order valence-corrected chi connectivity index (χ0v) is 11.9. The lowest BCUT2D eigenvalue weighted by atomic mass is 9.85. The van der Waals surface area contributed by atoms with Gasteiger partial charge in [-0.25, -0.2) is 4.79 Å². The monoisotopic (exact) mass is 298 g/mol. The number of non-ortho nitro benzene ring substituents is 1. The molecule has 9 nitrogen and oxygen atoms in total. The fraction of sp³-hybridized carbons (Fsp3) is 0.417. The van der Waals surface area contributed by atoms with Crippen LogP contribution in [0.15, 0.2) is 12.1 Å². The van der Waals surface area contributed by atoms with Crippen molar-refractivity contribution in [1.82, 2.24) is 0 Å². The van der Waals surface area contributed by atoms with Crippen molar-refractivity contribution >= 4 is 17.5 Å². The van der Waals surface area contributed by atoms with Gasteiger partial charge in [0.1, 0.15) is 0 Å². The summed E-state index contributed by atoms with van der Waals surface area (Å²) in [4.78, 5) is 31.7. The van der Waals surface area contributed by atoms with E-state index in [1.54, 1.807) is 20.8 Å². The first-order valence-electron chi connectivity index (χ1n) is 5.81. The van der Waals surface area contributed by atoms with Crippen LogP contribution in [0.4, 0.5) is 16.2 Å². The van der Waals surface area contributed by atoms with Gasteiger partial charge in [0.05, 0.1) is 23.0 Å². The molecule has 0 bridgehead atoms. The van der Waals surface area contributed by atoms with Crippen molar-refractivity contribution in [1.29, 1.82) is 0 Å². The van der Waals surface area contributed by atoms with Crippen LogP contribution in [-0.2, 0) is 10.2 Å². The highest BCUT2D eigenvalue weighted by Gasteiger charge is 2.32. The van der Waals surface area contributed by atoms with Gasteiger partial charge in [-0.3, -0.25) is 20.2 Å². The minimum atomic E-state index is -1.14. The second-order valence-electron chi connectivity index (χ2n) is 5.16. The molecule has 0 aliphatic rings. The average molecular weight is 298 g/mol. The van der Waals surface area contributed by atoms with Crippen LogP contribution >= 0.6 is 0 Å². The van der Waals surface area contributed by atoms with E-state index in [2.05, 4.69) is 4.74 Å². The number of nitro benzene ring substituents is 2. The molecule has 0 spiro atoms. The average Bonchev–Trinajstić information content (AvgIpc) is 2.36. The van der Waals surface area contributed by atoms with Crippen molar-refractivity contribution in [2.24, 2.45) is 0 Å². The molecule has 21 heavy (non-hydrogen) atoms. The molecule has 0 saturated heterocycles. The molecule has 0 radical (unpaired) electrons. The van der Waals surface area contributed by atoms with E-state index in [0.29, 0.717) is 0 Å². The van der Waals surface area contributed by atoms with Crippen molar-refractivity contribution in [3.05, 3.63) is 37.9 Å². The molecule has 1 aromatic carbocycles. The minimum Gasteiger partial charge on any atom is -0.437 e. The molecular weight excluding hydrogens is 284 g/mol. The number of nitro groups is 2. The zero-order chi connectivity index (χ0) is 16.4. The Bertz CT molecular complexity index is 604. The highest BCUT2D eigenvalue weighted by Crippen LogP contribution is 2.41. The molecule has 0 amide bonds. The van der Waals surface area contributed by atoms with Crippen LogP contribution in [0, 0.1) is 20.2 Å². The molecule has 0 N–H and O–H groups in total. The number of methoxy groups -OCH3 is 1. The highest BCUT2D eigenvalue weighted by molar-refractivity contribution is 5.70. The Kier molecular flexibility index (Phi) is 4.46. The summed E-state index contributed by atoms with van der Waals surface area (Å²) in [6.45, 7) is 5.04. The van der Waals surface area contributed by atoms with Gasteiger partial charge in [-0.15, -0.1) is 0 Å². The first-order chi connectivity index (χ1) is 9.57. The van der Waals surface area contributed by atoms with Crippen LogP contribution in [0.25, 0.3) is 0 Å². The fourth-order valence-electron chi connectivity index (χ4n) is 1.63. The first-order valence-corrected chi connectivity index (χ1v) is 5.81. The number of rotatable bonds is 3. The van der Waals surface area contributed by atoms with Gasteiger partial charge < -0.3 is 9.47 Å². The van der Waals surface area contributed by atoms with E-state index < -0.39 is 32.8 Å². The number of ether oxygens (including phenoxy) is 2. The molecule has 1 aromatic rings. The summed E-state index contributed by atoms with van der Waals surface area (Å²) in [5.74, 6) is -0.357. The van der Waals surface area contributed by atoms with Crippen LogP contribution in [0.1, 0.15) is 26.3 Å². The number of carbonyl (C=O) groups is 1. The molecule has 0 aliphatic carbocycles. The van der Waals surface area contributed by atoms with Crippen molar-refractivity contribution in [2.75, 3.05) is 7.11 Å². The topological polar surface area (TPSA) is 122 Å². The molecule has 9 heteroatoms. The molecule has 0 atom stereocenters. The van der Waals surface area contributed by atoms with Crippen LogP contribution < -0.4 is 4.74 Å². The van der Waals surface area contributed by atoms with Crippen LogP contribution in [-0.4, -0.2) is 23.1 Å². The Balaban J connectivity index is 3.66. The minimum absolute atomic E-state index is 0.161. The number of carbonyl (C=O) groups excluding carboxylic acids is 1. The summed E-state index contributed by atoms with van der Waals surface area (Å²) in [5.41, 5.74) is -1.68. The molecule has 0 heterocycles. The third-order valence-electron chi connectivity index (χ3n) is 2.62. The second kappa shape index (κ2) is 5.73. The smallest absolute Gasteiger partial charge is 0.437 e. The fourth-order valence-corrected chi connectivity index (χ4v) is 1.63. The first kappa shape index (κ1) is 16.3. The van der Waals surface area contributed by atoms with Gasteiger partial charge in [-0.1, -0.05) is 20.8 Å². The van der Waals surface area contributed by atoms with E-state index in [9.17, 15) is 25.0 Å². The third-order valence-corrected chi connectivity index (χ3v) is 2.62. The lowest BCUT2D eigenvalue weighted by molar-refractivity contribution is -0.394. The highest BCUT2D eigenvalue weighted by atomic mass is 16.7. The van der Waals surface area contributed by atoms with Crippen molar-refractivity contribution < 1.29 is 24.1 Å². The number of nitrogens with zero attached hydrogens (tertiary/aromatic N) is 2. The molecule has 114 valence electrons. The Morgan fingerprint density at radius 3 is 2.10 bits per heavy atom. The summed E-state index contributed by atoms with van der Waals surface area (Å²) < 4.78 is 9.14. The standard InChI is InChI=1S/C12H14N2O7/c1-12(2,3)8-5-7(13(16)17)6-9(14(18)19)10(8)21-11(15)20-4/h5-6H,1-4H3. The molecule has 0 saturated carbocycles. The summed E-state index contributed by atoms with van der Waals surface area (Å²) in [6, 6.07) is 1.89. The summed E-state index contributed by atoms with van der Waals surface area (Å²) in [7, 11) is 1.05. The van der Waals surface area contributed by atoms with Crippen LogP contribution in [0.2, 0.25) is 0 Å². The Hall–Kier alpha value is -2.71. The molecule has 0 aromatic heterocycles. The zero-order valence-electron chi connectivity index (χ0n) is 11.9. The number of hydrogen-bond donors (Lipinski definition) is 0. The SMILES string of the molecule is COC(=O)Oc1c([N+](=O)[O-])cc([N+](=O)[O-])cc1C(C)(C)C. The Labute approximate surface area is 119 Å². The molecule has 0 fully saturated rings. The van der Waals surface area contributed by atoms with Gasteiger partial charge in [-0.05, 0) is 5.41 Å². The van der Waals surface area contributed by atoms with Crippen LogP contribution in [0.3, 0.4) is 0 Å². The van der Waals surface area contributed by atoms with E-state index >= 15 is 0 Å². The molecule has 1 rings (SSSR count). The van der Waals surface area contributed by atoms with Gasteiger partial charge in [0, 0.05) is 11.6 Å². The summed E-state index contributed by atoms with van der Waals surface area (Å²) in [5, 5.41) is 22.0. The van der Waals surface area contributed by atoms with E-state index in [-0.39, 0.29) is 11.3 Å². The van der Waals surface area contributed by atoms with Crippen molar-refractivity contribution in [3.63, 3.8) is 0 Å². The maximum atomic E-state index is 11.3. The van der Waals surface area contributed by atoms with E-state index in [1.807, 2.05) is 0 Å². The number of hydrogen-bond acceptors (Lipinski definition) is 7. The predicted octanol–water partition coefficient (Wildman–Crippen LogP) is 2.95. The maximum Gasteiger partial charge on any atom is 0.513 e. The lowest BCUT2D eigenvalue weighted by Gasteiger charge is -2.21. The normalized spacial score (nSPS) is 10.9. The predicted molar refractivity (Wildman–Crippen MR) is 71.5 cm³/mol. The quantitative estimate of drug-likeness (QED) is 0.364. The third kappa shape index (κ3) is 3.65. The van der Waals surface area contributed by atoms with Crippen molar-refractivity contribution in [3.8, 4) is 5.75 Å². The molecule has 0 aliphatic heterocycles. The maximum absolute atomic E-state index is 11.3. The number of benzene rings is 1. The Morgan fingerprint density at radius 1 is 1.14 bits per heavy atom. The van der Waals surface area contributed by atoms with Gasteiger partial charge in [-0.2, -0.15) is 0 Å². The Morgan fingerprint density at radius 2 is 1.71 bits per heavy atom. The lowest BCUT2D eigenvalue weighted by Crippen LogP contribution is -2.18. The van der Waals surface area contributed by atoms with Crippen LogP contribution in [0.5, 0.6) is 5.75 Å². The largest absolute Gasteiger partial charge is 0.513 e. The van der Waals surface area contributed by atoms with E-state index in [1.165, 1.54) is 0 Å². The van der Waals surface area contributed by atoms with E-state index in [4.69, 9.17) is 4.74 Å². The van der Waals surface area contributed by atoms with Crippen molar-refractivity contribution in [2.45, 2.75) is 26.2 Å². The summed E-state index contributed by atoms with van der Waals surface area (Å²) in [6.07, 6.45) is -1.14. The summed E-state index contributed by atoms with van der Waals surface area (Å²) >= 11 is 0. The van der Waals surface area contributed by atoms with E-state index in [0.717, 1.165) is 19.2 Å². The van der Waals surface area contributed by atoms with Gasteiger partial charge in [0.15, 0.2) is 0 Å². The molecule has 0 unspecified atom stereocenters. The van der Waals surface area contributed by atoms with Gasteiger partial charge >= 0.3 is 11.8 Å². The van der Waals surface area contributed by atoms with Gasteiger partial charge in [0.2, 0.25) is 5.75 Å². The molecular formula is C12H14N2O7.